The number of rotatable bonds is 4. The molecular weight excluding hydrogens is 292 g/mol. The first-order valence-corrected chi connectivity index (χ1v) is 11.0. The lowest BCUT2D eigenvalue weighted by molar-refractivity contribution is 0.164. The molecule has 0 aliphatic rings. The van der Waals surface area contributed by atoms with Crippen molar-refractivity contribution in [2.24, 2.45) is 0 Å². The predicted octanol–water partition coefficient (Wildman–Crippen LogP) is 4.92. The number of aryl methyl sites for hydroxylation is 2. The summed E-state index contributed by atoms with van der Waals surface area (Å²) in [7, 11) is -0.321. The molecule has 0 saturated carbocycles. The van der Waals surface area contributed by atoms with Gasteiger partial charge in [-0.15, -0.1) is 0 Å². The average Bonchev–Trinajstić information content (AvgIpc) is 2.88. The van der Waals surface area contributed by atoms with Crippen LogP contribution in [0, 0.1) is 13.8 Å². The van der Waals surface area contributed by atoms with Gasteiger partial charge in [-0.05, 0) is 62.8 Å². The summed E-state index contributed by atoms with van der Waals surface area (Å²) in [5, 5.41) is 0. The number of aromatic amines is 1. The van der Waals surface area contributed by atoms with Crippen molar-refractivity contribution in [1.29, 1.82) is 0 Å². The molecule has 0 saturated heterocycles. The Kier molecular flexibility index (Phi) is 10.2. The maximum absolute atomic E-state index is 5.23. The lowest BCUT2D eigenvalue weighted by Gasteiger charge is -2.24. The lowest BCUT2D eigenvalue weighted by Crippen LogP contribution is -2.06. The summed E-state index contributed by atoms with van der Waals surface area (Å²) in [5.74, 6) is 1.24. The number of imidazole rings is 1. The molecule has 0 atom stereocenters. The van der Waals surface area contributed by atoms with Crippen LogP contribution in [0.5, 0.6) is 0 Å². The van der Waals surface area contributed by atoms with E-state index < -0.39 is 0 Å². The summed E-state index contributed by atoms with van der Waals surface area (Å²) in [6.07, 6.45) is 8.66. The second-order valence-electron chi connectivity index (χ2n) is 5.85. The van der Waals surface area contributed by atoms with Gasteiger partial charge in [0.15, 0.2) is 0 Å². The van der Waals surface area contributed by atoms with Crippen molar-refractivity contribution in [3.8, 4) is 0 Å². The van der Waals surface area contributed by atoms with E-state index >= 15 is 0 Å². The van der Waals surface area contributed by atoms with Crippen LogP contribution in [-0.2, 0) is 4.74 Å². The van der Waals surface area contributed by atoms with Gasteiger partial charge < -0.3 is 9.72 Å². The van der Waals surface area contributed by atoms with Gasteiger partial charge in [0.25, 0.3) is 0 Å². The van der Waals surface area contributed by atoms with Gasteiger partial charge in [0.2, 0.25) is 0 Å². The number of ether oxygens (including phenoxy) is 1. The van der Waals surface area contributed by atoms with Crippen molar-refractivity contribution in [1.82, 2.24) is 9.97 Å². The van der Waals surface area contributed by atoms with Gasteiger partial charge >= 0.3 is 0 Å². The van der Waals surface area contributed by atoms with E-state index in [1.54, 1.807) is 6.33 Å². The van der Waals surface area contributed by atoms with Gasteiger partial charge in [0.1, 0.15) is 0 Å². The highest BCUT2D eigenvalue weighted by Crippen LogP contribution is 2.33. The number of nitrogens with zero attached hydrogens (tertiary/aromatic N) is 1. The zero-order valence-electron chi connectivity index (χ0n) is 15.6. The molecule has 0 bridgehead atoms. The Bertz CT molecular complexity index is 493. The summed E-state index contributed by atoms with van der Waals surface area (Å²) in [4.78, 5) is 7.24. The van der Waals surface area contributed by atoms with E-state index in [1.807, 2.05) is 20.8 Å². The fourth-order valence-electron chi connectivity index (χ4n) is 1.65. The quantitative estimate of drug-likeness (QED) is 0.810. The van der Waals surface area contributed by atoms with Crippen LogP contribution in [0.25, 0.3) is 11.0 Å². The molecule has 0 spiro atoms. The number of hydrogen-bond donors (Lipinski definition) is 1. The number of fused-ring (bicyclic) bond motifs is 1. The minimum atomic E-state index is -0.321. The van der Waals surface area contributed by atoms with E-state index in [0.29, 0.717) is 0 Å². The first-order valence-electron chi connectivity index (χ1n) is 7.97. The molecule has 1 aromatic heterocycles. The maximum Gasteiger partial charge on any atom is 0.0931 e. The largest absolute Gasteiger partial charge is 0.381 e. The van der Waals surface area contributed by atoms with E-state index in [1.165, 1.54) is 16.9 Å². The molecule has 0 unspecified atom stereocenters. The fraction of sp³-hybridized carbons (Fsp3) is 0.611. The normalized spacial score (nSPS) is 11.3. The second kappa shape index (κ2) is 10.7. The van der Waals surface area contributed by atoms with Gasteiger partial charge in [-0.1, -0.05) is 13.8 Å². The van der Waals surface area contributed by atoms with Crippen LogP contribution in [0.1, 0.15) is 31.9 Å². The molecular formula is C18H34N2OS. The van der Waals surface area contributed by atoms with Crippen molar-refractivity contribution in [2.45, 2.75) is 34.6 Å². The van der Waals surface area contributed by atoms with Crippen LogP contribution in [0.15, 0.2) is 18.5 Å². The van der Waals surface area contributed by atoms with E-state index in [9.17, 15) is 0 Å². The molecule has 0 fully saturated rings. The van der Waals surface area contributed by atoms with Gasteiger partial charge in [-0.2, -0.15) is 0 Å². The zero-order valence-corrected chi connectivity index (χ0v) is 16.4. The van der Waals surface area contributed by atoms with Crippen LogP contribution in [0.2, 0.25) is 0 Å². The molecule has 0 aliphatic carbocycles. The van der Waals surface area contributed by atoms with E-state index in [-0.39, 0.29) is 10.0 Å². The molecule has 0 aliphatic heterocycles. The molecule has 22 heavy (non-hydrogen) atoms. The molecule has 2 rings (SSSR count). The molecule has 4 heteroatoms. The fourth-order valence-corrected chi connectivity index (χ4v) is 2.27. The van der Waals surface area contributed by atoms with Gasteiger partial charge in [0, 0.05) is 12.4 Å². The van der Waals surface area contributed by atoms with Crippen molar-refractivity contribution in [2.75, 3.05) is 37.7 Å². The number of hydrogen-bond acceptors (Lipinski definition) is 2. The number of nitrogens with one attached hydrogen (secondary N) is 1. The summed E-state index contributed by atoms with van der Waals surface area (Å²) >= 11 is 0. The van der Waals surface area contributed by atoms with Gasteiger partial charge in [0.05, 0.1) is 24.0 Å². The van der Waals surface area contributed by atoms with Gasteiger partial charge in [-0.3, -0.25) is 0 Å². The standard InChI is InChI=1S/C9H10N2.C7H18OS.C2H6/c1-6-3-8-9(4-7(6)2)11-5-10-8;1-5-8-6-7-9(2,3)4;1-2/h3-5H,1-2H3,(H,10,11);5-7H2,1-4H3;1-2H3. The highest BCUT2D eigenvalue weighted by molar-refractivity contribution is 8.32. The first kappa shape index (κ1) is 21.0. The minimum Gasteiger partial charge on any atom is -0.381 e. The molecule has 128 valence electrons. The summed E-state index contributed by atoms with van der Waals surface area (Å²) in [6, 6.07) is 4.22. The Hall–Kier alpha value is -1.00. The number of H-pyrrole nitrogens is 1. The Morgan fingerprint density at radius 3 is 2.23 bits per heavy atom. The Balaban J connectivity index is 0.000000369. The number of aromatic nitrogens is 2. The van der Waals surface area contributed by atoms with Crippen molar-refractivity contribution in [3.63, 3.8) is 0 Å². The third kappa shape index (κ3) is 8.44. The molecule has 0 radical (unpaired) electrons. The van der Waals surface area contributed by atoms with Crippen LogP contribution in [0.3, 0.4) is 0 Å². The maximum atomic E-state index is 5.23. The Morgan fingerprint density at radius 1 is 1.09 bits per heavy atom. The third-order valence-corrected chi connectivity index (χ3v) is 4.47. The molecule has 3 nitrogen and oxygen atoms in total. The van der Waals surface area contributed by atoms with Crippen LogP contribution in [-0.4, -0.2) is 47.7 Å². The second-order valence-corrected chi connectivity index (χ2v) is 10.4. The van der Waals surface area contributed by atoms with Crippen molar-refractivity contribution < 1.29 is 4.74 Å². The molecule has 1 N–H and O–H groups in total. The van der Waals surface area contributed by atoms with Crippen LogP contribution in [0.4, 0.5) is 0 Å². The third-order valence-electron chi connectivity index (χ3n) is 3.08. The SMILES string of the molecule is CC.CCOCCS(C)(C)C.Cc1cc2nc[nH]c2cc1C. The van der Waals surface area contributed by atoms with E-state index in [4.69, 9.17) is 4.74 Å². The summed E-state index contributed by atoms with van der Waals surface area (Å²) in [6.45, 7) is 12.0. The van der Waals surface area contributed by atoms with Crippen molar-refractivity contribution in [3.05, 3.63) is 29.6 Å². The molecule has 1 heterocycles. The van der Waals surface area contributed by atoms with E-state index in [2.05, 4.69) is 54.7 Å². The predicted molar refractivity (Wildman–Crippen MR) is 104 cm³/mol. The minimum absolute atomic E-state index is 0.321. The van der Waals surface area contributed by atoms with Crippen LogP contribution >= 0.6 is 10.0 Å². The molecule has 2 aromatic rings. The zero-order chi connectivity index (χ0) is 17.2. The summed E-state index contributed by atoms with van der Waals surface area (Å²) < 4.78 is 5.23. The highest BCUT2D eigenvalue weighted by Gasteiger charge is 2.01. The smallest absolute Gasteiger partial charge is 0.0931 e. The molecule has 0 amide bonds. The topological polar surface area (TPSA) is 37.9 Å². The highest BCUT2D eigenvalue weighted by atomic mass is 32.3. The van der Waals surface area contributed by atoms with Gasteiger partial charge in [-0.25, -0.2) is 15.0 Å². The first-order chi connectivity index (χ1) is 10.3. The number of benzene rings is 1. The monoisotopic (exact) mass is 326 g/mol. The lowest BCUT2D eigenvalue weighted by atomic mass is 10.1. The Morgan fingerprint density at radius 2 is 1.68 bits per heavy atom. The average molecular weight is 327 g/mol. The van der Waals surface area contributed by atoms with Crippen LogP contribution < -0.4 is 0 Å². The molecule has 1 aromatic carbocycles. The Labute approximate surface area is 138 Å². The summed E-state index contributed by atoms with van der Waals surface area (Å²) in [5.41, 5.74) is 4.77. The van der Waals surface area contributed by atoms with E-state index in [0.717, 1.165) is 24.2 Å². The van der Waals surface area contributed by atoms with Crippen molar-refractivity contribution >= 4 is 21.1 Å².